The van der Waals surface area contributed by atoms with Crippen molar-refractivity contribution in [2.75, 3.05) is 11.9 Å². The summed E-state index contributed by atoms with van der Waals surface area (Å²) < 4.78 is 39.6. The van der Waals surface area contributed by atoms with Gasteiger partial charge in [-0.3, -0.25) is 4.40 Å². The Hall–Kier alpha value is -2.88. The van der Waals surface area contributed by atoms with Crippen LogP contribution in [0, 0.1) is 0 Å². The Balaban J connectivity index is 1.37. The average molecular weight is 505 g/mol. The number of nitrogens with one attached hydrogen (secondary N) is 2. The van der Waals surface area contributed by atoms with Crippen molar-refractivity contribution in [3.05, 3.63) is 53.3 Å². The predicted octanol–water partition coefficient (Wildman–Crippen LogP) is 6.18. The maximum atomic E-state index is 12.4. The van der Waals surface area contributed by atoms with Gasteiger partial charge in [0.25, 0.3) is 0 Å². The minimum Gasteiger partial charge on any atom is -0.367 e. The highest BCUT2D eigenvalue weighted by Gasteiger charge is 2.27. The van der Waals surface area contributed by atoms with Crippen molar-refractivity contribution in [1.29, 1.82) is 0 Å². The molecule has 1 aliphatic rings. The predicted molar refractivity (Wildman–Crippen MR) is 119 cm³/mol. The van der Waals surface area contributed by atoms with Crippen molar-refractivity contribution in [2.24, 2.45) is 0 Å². The van der Waals surface area contributed by atoms with Crippen LogP contribution in [-0.4, -0.2) is 37.1 Å². The summed E-state index contributed by atoms with van der Waals surface area (Å²) in [7, 11) is 0. The first-order valence-electron chi connectivity index (χ1n) is 10.4. The summed E-state index contributed by atoms with van der Waals surface area (Å²) in [5.74, 6) is 2.07. The van der Waals surface area contributed by atoms with Crippen LogP contribution in [0.25, 0.3) is 28.2 Å². The largest absolute Gasteiger partial charge is 0.389 e. The lowest BCUT2D eigenvalue weighted by Gasteiger charge is -2.10. The number of hydrogen-bond acceptors (Lipinski definition) is 4. The lowest BCUT2D eigenvalue weighted by molar-refractivity contribution is -0.134. The Morgan fingerprint density at radius 3 is 2.56 bits per heavy atom. The lowest BCUT2D eigenvalue weighted by atomic mass is 10.1. The molecule has 10 heteroatoms. The molecule has 4 aromatic rings. The number of nitrogens with zero attached hydrogens (tertiary/aromatic N) is 4. The fourth-order valence-electron chi connectivity index (χ4n) is 3.65. The third-order valence-electron chi connectivity index (χ3n) is 5.44. The van der Waals surface area contributed by atoms with Gasteiger partial charge in [-0.25, -0.2) is 15.0 Å². The Morgan fingerprint density at radius 1 is 1.09 bits per heavy atom. The molecule has 0 spiro atoms. The summed E-state index contributed by atoms with van der Waals surface area (Å²) in [6.45, 7) is 0.155. The van der Waals surface area contributed by atoms with Crippen LogP contribution in [0.4, 0.5) is 19.0 Å². The van der Waals surface area contributed by atoms with E-state index >= 15 is 0 Å². The first kappa shape index (κ1) is 21.0. The molecule has 1 aromatic carbocycles. The van der Waals surface area contributed by atoms with E-state index in [9.17, 15) is 13.2 Å². The van der Waals surface area contributed by atoms with Crippen molar-refractivity contribution >= 4 is 27.4 Å². The highest BCUT2D eigenvalue weighted by atomic mass is 79.9. The smallest absolute Gasteiger partial charge is 0.367 e. The highest BCUT2D eigenvalue weighted by Crippen LogP contribution is 2.39. The van der Waals surface area contributed by atoms with Crippen LogP contribution in [0.15, 0.2) is 47.5 Å². The van der Waals surface area contributed by atoms with Gasteiger partial charge in [-0.2, -0.15) is 13.2 Å². The van der Waals surface area contributed by atoms with Crippen LogP contribution in [0.2, 0.25) is 0 Å². The third kappa shape index (κ3) is 4.50. The first-order chi connectivity index (χ1) is 15.4. The standard InChI is InChI=1S/C22H20BrF3N6/c23-18-12-32-17(11-29-21(32)20(31-18)27-9-1-8-22(24,25)26)14-4-2-13(3-5-14)16-10-28-19(30-16)15-6-7-15/h2-5,10-12,15H,1,6-9H2,(H,27,31)(H,28,30). The number of halogens is 4. The molecule has 32 heavy (non-hydrogen) atoms. The minimum absolute atomic E-state index is 0.0328. The summed E-state index contributed by atoms with van der Waals surface area (Å²) >= 11 is 3.39. The van der Waals surface area contributed by atoms with E-state index in [0.717, 1.165) is 28.3 Å². The molecule has 2 N–H and O–H groups in total. The quantitative estimate of drug-likeness (QED) is 0.295. The second-order valence-corrected chi connectivity index (χ2v) is 8.74. The van der Waals surface area contributed by atoms with Gasteiger partial charge in [0.05, 0.1) is 23.8 Å². The number of hydrogen-bond donors (Lipinski definition) is 2. The molecule has 0 bridgehead atoms. The molecular weight excluding hydrogens is 485 g/mol. The van der Waals surface area contributed by atoms with E-state index in [0.29, 0.717) is 22.0 Å². The highest BCUT2D eigenvalue weighted by molar-refractivity contribution is 9.10. The van der Waals surface area contributed by atoms with Gasteiger partial charge in [-0.1, -0.05) is 24.3 Å². The summed E-state index contributed by atoms with van der Waals surface area (Å²) in [4.78, 5) is 16.7. The molecule has 3 heterocycles. The molecule has 0 atom stereocenters. The maximum absolute atomic E-state index is 12.4. The summed E-state index contributed by atoms with van der Waals surface area (Å²) in [6, 6.07) is 8.10. The first-order valence-corrected chi connectivity index (χ1v) is 11.2. The Morgan fingerprint density at radius 2 is 1.84 bits per heavy atom. The number of imidazole rings is 2. The Labute approximate surface area is 190 Å². The van der Waals surface area contributed by atoms with Crippen LogP contribution in [0.1, 0.15) is 37.4 Å². The summed E-state index contributed by atoms with van der Waals surface area (Å²) in [5.41, 5.74) is 4.42. The number of H-pyrrole nitrogens is 1. The minimum atomic E-state index is -4.16. The van der Waals surface area contributed by atoms with Gasteiger partial charge >= 0.3 is 6.18 Å². The zero-order valence-electron chi connectivity index (χ0n) is 17.0. The molecular formula is C22H20BrF3N6. The Kier molecular flexibility index (Phi) is 5.40. The van der Waals surface area contributed by atoms with Crippen LogP contribution < -0.4 is 5.32 Å². The second kappa shape index (κ2) is 8.23. The molecule has 0 aliphatic heterocycles. The molecule has 0 amide bonds. The zero-order valence-corrected chi connectivity index (χ0v) is 18.5. The molecule has 1 fully saturated rings. The van der Waals surface area contributed by atoms with Gasteiger partial charge in [-0.05, 0) is 40.8 Å². The number of aromatic amines is 1. The molecule has 5 rings (SSSR count). The van der Waals surface area contributed by atoms with Crippen molar-refractivity contribution in [2.45, 2.75) is 37.8 Å². The van der Waals surface area contributed by atoms with Crippen molar-refractivity contribution in [3.63, 3.8) is 0 Å². The van der Waals surface area contributed by atoms with E-state index in [1.807, 2.05) is 34.9 Å². The summed E-state index contributed by atoms with van der Waals surface area (Å²) in [6.07, 6.45) is 2.77. The molecule has 0 saturated heterocycles. The van der Waals surface area contributed by atoms with Crippen molar-refractivity contribution < 1.29 is 13.2 Å². The van der Waals surface area contributed by atoms with Gasteiger partial charge in [0.2, 0.25) is 0 Å². The van der Waals surface area contributed by atoms with Crippen LogP contribution in [0.5, 0.6) is 0 Å². The normalized spacial score (nSPS) is 14.2. The van der Waals surface area contributed by atoms with E-state index in [4.69, 9.17) is 0 Å². The number of anilines is 1. The SMILES string of the molecule is FC(F)(F)CCCNc1nc(Br)cn2c(-c3ccc(-c4cnc(C5CC5)[nH]4)cc3)cnc12. The van der Waals surface area contributed by atoms with Gasteiger partial charge in [0.15, 0.2) is 11.5 Å². The number of aromatic nitrogens is 5. The van der Waals surface area contributed by atoms with E-state index in [1.165, 1.54) is 12.8 Å². The molecule has 1 saturated carbocycles. The van der Waals surface area contributed by atoms with Crippen molar-refractivity contribution in [3.8, 4) is 22.5 Å². The summed E-state index contributed by atoms with van der Waals surface area (Å²) in [5, 5.41) is 2.98. The van der Waals surface area contributed by atoms with E-state index in [2.05, 4.69) is 41.2 Å². The molecule has 166 valence electrons. The third-order valence-corrected chi connectivity index (χ3v) is 5.83. The second-order valence-electron chi connectivity index (χ2n) is 7.93. The molecule has 1 aliphatic carbocycles. The number of fused-ring (bicyclic) bond motifs is 1. The lowest BCUT2D eigenvalue weighted by Crippen LogP contribution is -2.12. The molecule has 0 radical (unpaired) electrons. The maximum Gasteiger partial charge on any atom is 0.389 e. The zero-order chi connectivity index (χ0) is 22.3. The van der Waals surface area contributed by atoms with E-state index < -0.39 is 12.6 Å². The molecule has 3 aromatic heterocycles. The fourth-order valence-corrected chi connectivity index (χ4v) is 4.04. The van der Waals surface area contributed by atoms with Gasteiger partial charge in [-0.15, -0.1) is 0 Å². The van der Waals surface area contributed by atoms with E-state index in [-0.39, 0.29) is 13.0 Å². The number of rotatable bonds is 7. The van der Waals surface area contributed by atoms with Crippen molar-refractivity contribution in [1.82, 2.24) is 24.3 Å². The molecule has 6 nitrogen and oxygen atoms in total. The van der Waals surface area contributed by atoms with Gasteiger partial charge in [0, 0.05) is 30.6 Å². The number of alkyl halides is 3. The average Bonchev–Trinajstić information content (AvgIpc) is 3.33. The van der Waals surface area contributed by atoms with Gasteiger partial charge < -0.3 is 10.3 Å². The Bertz CT molecular complexity index is 1240. The molecule has 0 unspecified atom stereocenters. The fraction of sp³-hybridized carbons (Fsp3) is 0.318. The van der Waals surface area contributed by atoms with Crippen LogP contribution >= 0.6 is 15.9 Å². The van der Waals surface area contributed by atoms with E-state index in [1.54, 1.807) is 12.4 Å². The monoisotopic (exact) mass is 504 g/mol. The topological polar surface area (TPSA) is 70.9 Å². The van der Waals surface area contributed by atoms with Crippen LogP contribution in [0.3, 0.4) is 0 Å². The number of benzene rings is 1. The van der Waals surface area contributed by atoms with Gasteiger partial charge in [0.1, 0.15) is 10.4 Å². The van der Waals surface area contributed by atoms with Crippen LogP contribution in [-0.2, 0) is 0 Å².